The summed E-state index contributed by atoms with van der Waals surface area (Å²) in [6, 6.07) is 7.03. The van der Waals surface area contributed by atoms with Crippen LogP contribution in [0.15, 0.2) is 24.3 Å². The number of carbonyl (C=O) groups is 1. The van der Waals surface area contributed by atoms with E-state index in [2.05, 4.69) is 37.5 Å². The summed E-state index contributed by atoms with van der Waals surface area (Å²) in [6.45, 7) is 15.7. The first-order valence-corrected chi connectivity index (χ1v) is 12.0. The van der Waals surface area contributed by atoms with Crippen molar-refractivity contribution in [3.8, 4) is 5.69 Å². The molecule has 32 heavy (non-hydrogen) atoms. The van der Waals surface area contributed by atoms with Gasteiger partial charge in [-0.15, -0.1) is 0 Å². The minimum absolute atomic E-state index is 0.166. The summed E-state index contributed by atoms with van der Waals surface area (Å²) in [5, 5.41) is 4.96. The molecule has 1 saturated heterocycles. The summed E-state index contributed by atoms with van der Waals surface area (Å²) in [5.41, 5.74) is 2.96. The van der Waals surface area contributed by atoms with Gasteiger partial charge < -0.3 is 9.80 Å². The molecule has 1 amide bonds. The van der Waals surface area contributed by atoms with E-state index < -0.39 is 0 Å². The zero-order chi connectivity index (χ0) is 23.3. The molecule has 6 nitrogen and oxygen atoms in total. The normalized spacial score (nSPS) is 14.9. The van der Waals surface area contributed by atoms with Crippen molar-refractivity contribution in [2.45, 2.75) is 66.5 Å². The van der Waals surface area contributed by atoms with Gasteiger partial charge in [0.2, 0.25) is 5.91 Å². The first-order valence-electron chi connectivity index (χ1n) is 12.0. The molecule has 176 valence electrons. The Bertz CT molecular complexity index is 884. The van der Waals surface area contributed by atoms with Gasteiger partial charge in [-0.3, -0.25) is 9.69 Å². The van der Waals surface area contributed by atoms with Crippen molar-refractivity contribution < 1.29 is 9.18 Å². The minimum Gasteiger partial charge on any atom is -0.354 e. The summed E-state index contributed by atoms with van der Waals surface area (Å²) in [5.74, 6) is 0.951. The predicted molar refractivity (Wildman–Crippen MR) is 128 cm³/mol. The number of aromatic nitrogens is 2. The van der Waals surface area contributed by atoms with Crippen LogP contribution in [0.5, 0.6) is 0 Å². The molecule has 1 aromatic carbocycles. The van der Waals surface area contributed by atoms with Crippen LogP contribution in [0.3, 0.4) is 0 Å². The van der Waals surface area contributed by atoms with Crippen LogP contribution in [-0.2, 0) is 17.8 Å². The summed E-state index contributed by atoms with van der Waals surface area (Å²) >= 11 is 0. The molecule has 1 fully saturated rings. The maximum absolute atomic E-state index is 13.6. The maximum Gasteiger partial charge on any atom is 0.222 e. The van der Waals surface area contributed by atoms with Crippen molar-refractivity contribution in [3.05, 3.63) is 41.3 Å². The number of piperazine rings is 1. The quantitative estimate of drug-likeness (QED) is 0.581. The van der Waals surface area contributed by atoms with E-state index in [0.717, 1.165) is 68.3 Å². The maximum atomic E-state index is 13.6. The highest BCUT2D eigenvalue weighted by Crippen LogP contribution is 2.31. The number of nitrogens with zero attached hydrogens (tertiary/aromatic N) is 5. The number of rotatable bonds is 9. The molecule has 0 saturated carbocycles. The van der Waals surface area contributed by atoms with Crippen LogP contribution in [0.25, 0.3) is 5.69 Å². The second kappa shape index (κ2) is 10.9. The molecule has 2 heterocycles. The van der Waals surface area contributed by atoms with Crippen LogP contribution < -0.4 is 4.90 Å². The van der Waals surface area contributed by atoms with Gasteiger partial charge in [0, 0.05) is 50.7 Å². The van der Waals surface area contributed by atoms with Gasteiger partial charge in [-0.25, -0.2) is 9.07 Å². The third kappa shape index (κ3) is 5.31. The second-order valence-corrected chi connectivity index (χ2v) is 8.78. The number of carbonyl (C=O) groups excluding carboxylic acids is 1. The lowest BCUT2D eigenvalue weighted by Gasteiger charge is -2.38. The number of anilines is 1. The lowest BCUT2D eigenvalue weighted by atomic mass is 10.1. The number of benzene rings is 1. The van der Waals surface area contributed by atoms with Gasteiger partial charge in [0.15, 0.2) is 0 Å². The summed E-state index contributed by atoms with van der Waals surface area (Å²) in [4.78, 5) is 19.5. The molecule has 1 aromatic heterocycles. The van der Waals surface area contributed by atoms with Crippen molar-refractivity contribution in [3.63, 3.8) is 0 Å². The molecule has 0 atom stereocenters. The molecule has 0 N–H and O–H groups in total. The molecule has 2 aromatic rings. The standard InChI is InChI=1S/C25H38FN5O/c1-6-13-30(24(32)8-3)18-22-23(7-2)27-31(21-11-9-20(26)10-12-21)25(22)29-16-14-28(15-17-29)19(4)5/h9-12,19H,6-8,13-18H2,1-5H3. The van der Waals surface area contributed by atoms with Gasteiger partial charge in [0.25, 0.3) is 0 Å². The van der Waals surface area contributed by atoms with Crippen molar-refractivity contribution in [2.75, 3.05) is 37.6 Å². The van der Waals surface area contributed by atoms with Gasteiger partial charge in [-0.05, 0) is 51.0 Å². The SMILES string of the molecule is CCCN(Cc1c(CC)nn(-c2ccc(F)cc2)c1N1CCN(C(C)C)CC1)C(=O)CC. The van der Waals surface area contributed by atoms with E-state index in [-0.39, 0.29) is 11.7 Å². The highest BCUT2D eigenvalue weighted by atomic mass is 19.1. The molecule has 0 bridgehead atoms. The first kappa shape index (κ1) is 24.2. The van der Waals surface area contributed by atoms with Crippen LogP contribution in [0.4, 0.5) is 10.2 Å². The van der Waals surface area contributed by atoms with E-state index in [1.807, 2.05) is 16.5 Å². The first-order chi connectivity index (χ1) is 15.4. The highest BCUT2D eigenvalue weighted by Gasteiger charge is 2.28. The van der Waals surface area contributed by atoms with Crippen LogP contribution in [0.1, 0.15) is 58.7 Å². The van der Waals surface area contributed by atoms with Crippen LogP contribution in [0.2, 0.25) is 0 Å². The number of hydrogen-bond acceptors (Lipinski definition) is 4. The number of halogens is 1. The van der Waals surface area contributed by atoms with Gasteiger partial charge in [0.05, 0.1) is 17.9 Å². The van der Waals surface area contributed by atoms with Crippen molar-refractivity contribution in [1.29, 1.82) is 0 Å². The van der Waals surface area contributed by atoms with Crippen LogP contribution in [0, 0.1) is 5.82 Å². The second-order valence-electron chi connectivity index (χ2n) is 8.78. The Hall–Kier alpha value is -2.41. The molecule has 0 unspecified atom stereocenters. The molecule has 7 heteroatoms. The average molecular weight is 444 g/mol. The van der Waals surface area contributed by atoms with Gasteiger partial charge >= 0.3 is 0 Å². The molecular formula is C25H38FN5O. The van der Waals surface area contributed by atoms with Crippen molar-refractivity contribution in [1.82, 2.24) is 19.6 Å². The van der Waals surface area contributed by atoms with Gasteiger partial charge in [0.1, 0.15) is 11.6 Å². The fourth-order valence-electron chi connectivity index (χ4n) is 4.44. The molecule has 0 radical (unpaired) electrons. The Morgan fingerprint density at radius 3 is 2.28 bits per heavy atom. The Morgan fingerprint density at radius 2 is 1.75 bits per heavy atom. The predicted octanol–water partition coefficient (Wildman–Crippen LogP) is 4.25. The van der Waals surface area contributed by atoms with Crippen molar-refractivity contribution >= 4 is 11.7 Å². The minimum atomic E-state index is -0.258. The van der Waals surface area contributed by atoms with E-state index in [1.54, 1.807) is 12.1 Å². The Kier molecular flexibility index (Phi) is 8.29. The Morgan fingerprint density at radius 1 is 1.09 bits per heavy atom. The van der Waals surface area contributed by atoms with E-state index >= 15 is 0 Å². The smallest absolute Gasteiger partial charge is 0.222 e. The molecule has 0 aliphatic carbocycles. The van der Waals surface area contributed by atoms with E-state index in [9.17, 15) is 9.18 Å². The fraction of sp³-hybridized carbons (Fsp3) is 0.600. The van der Waals surface area contributed by atoms with Gasteiger partial charge in [-0.2, -0.15) is 5.10 Å². The molecule has 1 aliphatic rings. The van der Waals surface area contributed by atoms with Crippen LogP contribution in [-0.4, -0.2) is 64.3 Å². The lowest BCUT2D eigenvalue weighted by Crippen LogP contribution is -2.49. The topological polar surface area (TPSA) is 44.6 Å². The molecule has 0 spiro atoms. The summed E-state index contributed by atoms with van der Waals surface area (Å²) in [6.07, 6.45) is 2.19. The monoisotopic (exact) mass is 443 g/mol. The average Bonchev–Trinajstić information content (AvgIpc) is 3.17. The molecule has 1 aliphatic heterocycles. The molecular weight excluding hydrogens is 405 g/mol. The zero-order valence-electron chi connectivity index (χ0n) is 20.3. The third-order valence-corrected chi connectivity index (χ3v) is 6.29. The van der Waals surface area contributed by atoms with Crippen molar-refractivity contribution in [2.24, 2.45) is 0 Å². The fourth-order valence-corrected chi connectivity index (χ4v) is 4.44. The lowest BCUT2D eigenvalue weighted by molar-refractivity contribution is -0.131. The third-order valence-electron chi connectivity index (χ3n) is 6.29. The Balaban J connectivity index is 2.06. The summed E-state index contributed by atoms with van der Waals surface area (Å²) < 4.78 is 15.6. The van der Waals surface area contributed by atoms with Crippen LogP contribution >= 0.6 is 0 Å². The number of amides is 1. The summed E-state index contributed by atoms with van der Waals surface area (Å²) in [7, 11) is 0. The molecule has 3 rings (SSSR count). The number of hydrogen-bond donors (Lipinski definition) is 0. The highest BCUT2D eigenvalue weighted by molar-refractivity contribution is 5.76. The largest absolute Gasteiger partial charge is 0.354 e. The van der Waals surface area contributed by atoms with Gasteiger partial charge in [-0.1, -0.05) is 20.8 Å². The van der Waals surface area contributed by atoms with E-state index in [0.29, 0.717) is 19.0 Å². The van der Waals surface area contributed by atoms with E-state index in [4.69, 9.17) is 5.10 Å². The number of aryl methyl sites for hydroxylation is 1. The van der Waals surface area contributed by atoms with E-state index in [1.165, 1.54) is 12.1 Å². The Labute approximate surface area is 192 Å². The zero-order valence-corrected chi connectivity index (χ0v) is 20.3.